The summed E-state index contributed by atoms with van der Waals surface area (Å²) in [5, 5.41) is 19.4. The highest BCUT2D eigenvalue weighted by molar-refractivity contribution is 6.24. The molecule has 0 aliphatic carbocycles. The molecule has 9 rings (SSSR count). The van der Waals surface area contributed by atoms with E-state index in [1.54, 1.807) is 6.20 Å². The molecule has 0 aliphatic rings. The zero-order valence-corrected chi connectivity index (χ0v) is 25.4. The lowest BCUT2D eigenvalue weighted by atomic mass is 9.89. The summed E-state index contributed by atoms with van der Waals surface area (Å²) in [4.78, 5) is 6.54. The van der Waals surface area contributed by atoms with Crippen molar-refractivity contribution in [3.05, 3.63) is 170 Å². The molecule has 0 amide bonds. The minimum Gasteiger partial charge on any atom is -0.309 e. The number of hydrogen-bond donors (Lipinski definition) is 0. The topological polar surface area (TPSA) is 39.9 Å². The van der Waals surface area contributed by atoms with Gasteiger partial charge in [-0.15, -0.1) is 0 Å². The van der Waals surface area contributed by atoms with E-state index in [1.807, 2.05) is 42.6 Å². The van der Waals surface area contributed by atoms with Crippen molar-refractivity contribution in [3.63, 3.8) is 0 Å². The fourth-order valence-electron chi connectivity index (χ4n) is 6.97. The predicted octanol–water partition coefficient (Wildman–Crippen LogP) is 11.8. The number of fused-ring (bicyclic) bond motifs is 1. The van der Waals surface area contributed by atoms with E-state index in [0.717, 1.165) is 22.4 Å². The number of hydrogen-bond acceptors (Lipinski definition) is 3. The molecule has 0 bridgehead atoms. The number of anilines is 3. The molecule has 8 aromatic carbocycles. The van der Waals surface area contributed by atoms with Gasteiger partial charge in [0.2, 0.25) is 0 Å². The van der Waals surface area contributed by atoms with Gasteiger partial charge in [-0.25, -0.2) is 0 Å². The van der Waals surface area contributed by atoms with Gasteiger partial charge in [-0.05, 0) is 144 Å². The average molecular weight is 598 g/mol. The molecule has 0 atom stereocenters. The van der Waals surface area contributed by atoms with Crippen LogP contribution < -0.4 is 4.90 Å². The van der Waals surface area contributed by atoms with E-state index in [0.29, 0.717) is 5.56 Å². The number of pyridine rings is 1. The normalized spacial score (nSPS) is 11.4. The minimum atomic E-state index is 0.634. The monoisotopic (exact) mass is 597 g/mol. The maximum atomic E-state index is 9.32. The summed E-state index contributed by atoms with van der Waals surface area (Å²) in [6, 6.07) is 56.1. The molecule has 3 heteroatoms. The van der Waals surface area contributed by atoms with Crippen molar-refractivity contribution < 1.29 is 0 Å². The Kier molecular flexibility index (Phi) is 6.19. The van der Waals surface area contributed by atoms with Gasteiger partial charge in [0.1, 0.15) is 0 Å². The van der Waals surface area contributed by atoms with Gasteiger partial charge in [0.15, 0.2) is 0 Å². The van der Waals surface area contributed by atoms with Crippen LogP contribution in [0.3, 0.4) is 0 Å². The molecule has 0 spiro atoms. The summed E-state index contributed by atoms with van der Waals surface area (Å²) in [6.07, 6.45) is 3.64. The lowest BCUT2D eigenvalue weighted by molar-refractivity contribution is 1.23. The van der Waals surface area contributed by atoms with Gasteiger partial charge in [-0.2, -0.15) is 5.26 Å². The van der Waals surface area contributed by atoms with E-state index in [1.165, 1.54) is 60.0 Å². The first-order valence-electron chi connectivity index (χ1n) is 15.7. The average Bonchev–Trinajstić information content (AvgIpc) is 3.14. The van der Waals surface area contributed by atoms with Gasteiger partial charge in [0.05, 0.1) is 23.5 Å². The smallest absolute Gasteiger partial charge is 0.0991 e. The molecule has 1 aromatic heterocycles. The van der Waals surface area contributed by atoms with Crippen LogP contribution in [0.2, 0.25) is 0 Å². The van der Waals surface area contributed by atoms with Crippen molar-refractivity contribution in [2.24, 2.45) is 0 Å². The molecule has 9 aromatic rings. The lowest BCUT2D eigenvalue weighted by Gasteiger charge is -2.25. The van der Waals surface area contributed by atoms with Gasteiger partial charge in [0.25, 0.3) is 0 Å². The van der Waals surface area contributed by atoms with Crippen molar-refractivity contribution >= 4 is 60.2 Å². The lowest BCUT2D eigenvalue weighted by Crippen LogP contribution is -2.10. The van der Waals surface area contributed by atoms with Crippen LogP contribution in [-0.2, 0) is 0 Å². The summed E-state index contributed by atoms with van der Waals surface area (Å²) in [5.41, 5.74) is 8.48. The molecule has 0 aliphatic heterocycles. The molecule has 218 valence electrons. The van der Waals surface area contributed by atoms with Crippen molar-refractivity contribution in [3.8, 4) is 28.3 Å². The van der Waals surface area contributed by atoms with Crippen LogP contribution in [0, 0.1) is 11.3 Å². The maximum Gasteiger partial charge on any atom is 0.0991 e. The van der Waals surface area contributed by atoms with Gasteiger partial charge >= 0.3 is 0 Å². The predicted molar refractivity (Wildman–Crippen MR) is 196 cm³/mol. The molecule has 0 radical (unpaired) electrons. The van der Waals surface area contributed by atoms with Crippen LogP contribution in [0.4, 0.5) is 17.1 Å². The van der Waals surface area contributed by atoms with E-state index in [-0.39, 0.29) is 0 Å². The molecule has 0 saturated carbocycles. The fraction of sp³-hybridized carbons (Fsp3) is 0. The van der Waals surface area contributed by atoms with Crippen molar-refractivity contribution in [2.75, 3.05) is 4.90 Å². The molecule has 47 heavy (non-hydrogen) atoms. The molecular formula is C44H27N3. The quantitative estimate of drug-likeness (QED) is 0.185. The Morgan fingerprint density at radius 3 is 1.60 bits per heavy atom. The highest BCUT2D eigenvalue weighted by Gasteiger charge is 2.15. The SMILES string of the molecule is N#Cc1ccc(N(c2cccnc2)c2ccc3cc(-c4cc5ccc6cc(-c7ccccc7)cc7ccc(c4)c5c67)ccc3c2)cc1. The summed E-state index contributed by atoms with van der Waals surface area (Å²) < 4.78 is 0. The minimum absolute atomic E-state index is 0.634. The summed E-state index contributed by atoms with van der Waals surface area (Å²) in [7, 11) is 0. The first kappa shape index (κ1) is 26.9. The standard InChI is InChI=1S/C44H27N3/c45-27-29-8-17-40(18-9-29)47(42-7-4-20-46-28-42)41-19-16-31-21-32(10-11-33(31)26-41)39-24-36-14-12-34-22-38(30-5-2-1-3-6-30)23-35-13-15-37(25-39)44(36)43(34)35/h1-26,28H. The second-order valence-corrected chi connectivity index (χ2v) is 12.0. The van der Waals surface area contributed by atoms with Crippen molar-refractivity contribution in [2.45, 2.75) is 0 Å². The maximum absolute atomic E-state index is 9.32. The second kappa shape index (κ2) is 10.8. The zero-order chi connectivity index (χ0) is 31.3. The van der Waals surface area contributed by atoms with Gasteiger partial charge in [0, 0.05) is 17.6 Å². The third-order valence-electron chi connectivity index (χ3n) is 9.21. The van der Waals surface area contributed by atoms with Crippen LogP contribution in [0.1, 0.15) is 5.56 Å². The van der Waals surface area contributed by atoms with Crippen molar-refractivity contribution in [1.82, 2.24) is 4.98 Å². The Balaban J connectivity index is 1.11. The molecule has 0 fully saturated rings. The zero-order valence-electron chi connectivity index (χ0n) is 25.4. The van der Waals surface area contributed by atoms with E-state index in [4.69, 9.17) is 0 Å². The Labute approximate surface area is 272 Å². The van der Waals surface area contributed by atoms with Crippen LogP contribution in [0.15, 0.2) is 164 Å². The van der Waals surface area contributed by atoms with E-state index in [2.05, 4.69) is 131 Å². The first-order chi connectivity index (χ1) is 23.2. The van der Waals surface area contributed by atoms with E-state index >= 15 is 0 Å². The Morgan fingerprint density at radius 1 is 0.426 bits per heavy atom. The molecule has 0 N–H and O–H groups in total. The molecule has 3 nitrogen and oxygen atoms in total. The van der Waals surface area contributed by atoms with E-state index in [9.17, 15) is 5.26 Å². The van der Waals surface area contributed by atoms with Crippen LogP contribution in [0.5, 0.6) is 0 Å². The van der Waals surface area contributed by atoms with Crippen LogP contribution in [0.25, 0.3) is 65.3 Å². The highest BCUT2D eigenvalue weighted by atomic mass is 15.1. The largest absolute Gasteiger partial charge is 0.309 e. The highest BCUT2D eigenvalue weighted by Crippen LogP contribution is 2.41. The van der Waals surface area contributed by atoms with Crippen LogP contribution >= 0.6 is 0 Å². The molecule has 0 unspecified atom stereocenters. The van der Waals surface area contributed by atoms with Gasteiger partial charge in [-0.3, -0.25) is 4.98 Å². The van der Waals surface area contributed by atoms with Gasteiger partial charge in [-0.1, -0.05) is 72.8 Å². The number of nitrogens with zero attached hydrogens (tertiary/aromatic N) is 3. The molecule has 1 heterocycles. The van der Waals surface area contributed by atoms with Crippen LogP contribution in [-0.4, -0.2) is 4.98 Å². The summed E-state index contributed by atoms with van der Waals surface area (Å²) in [6.45, 7) is 0. The third-order valence-corrected chi connectivity index (χ3v) is 9.21. The molecular weight excluding hydrogens is 571 g/mol. The Morgan fingerprint density at radius 2 is 0.979 bits per heavy atom. The summed E-state index contributed by atoms with van der Waals surface area (Å²) >= 11 is 0. The number of benzene rings is 8. The van der Waals surface area contributed by atoms with Crippen molar-refractivity contribution in [1.29, 1.82) is 5.26 Å². The Bertz CT molecular complexity index is 2550. The molecule has 0 saturated heterocycles. The summed E-state index contributed by atoms with van der Waals surface area (Å²) in [5.74, 6) is 0. The fourth-order valence-corrected chi connectivity index (χ4v) is 6.97. The first-order valence-corrected chi connectivity index (χ1v) is 15.7. The number of nitriles is 1. The second-order valence-electron chi connectivity index (χ2n) is 12.0. The number of aromatic nitrogens is 1. The van der Waals surface area contributed by atoms with E-state index < -0.39 is 0 Å². The van der Waals surface area contributed by atoms with Gasteiger partial charge < -0.3 is 4.90 Å². The Hall–Kier alpha value is -6.50. The number of rotatable bonds is 5. The third kappa shape index (κ3) is 4.63.